The first-order chi connectivity index (χ1) is 12.1. The fraction of sp³-hybridized carbons (Fsp3) is 0.368. The number of nitrogens with one attached hydrogen (secondary N) is 1. The minimum absolute atomic E-state index is 0.0137. The average molecular weight is 342 g/mol. The molecule has 6 heteroatoms. The van der Waals surface area contributed by atoms with Crippen molar-refractivity contribution in [3.05, 3.63) is 53.5 Å². The highest BCUT2D eigenvalue weighted by molar-refractivity contribution is 6.01. The third kappa shape index (κ3) is 3.74. The number of furan rings is 1. The smallest absolute Gasteiger partial charge is 0.287 e. The van der Waals surface area contributed by atoms with Crippen LogP contribution >= 0.6 is 0 Å². The summed E-state index contributed by atoms with van der Waals surface area (Å²) in [5, 5.41) is 12.3. The van der Waals surface area contributed by atoms with Crippen LogP contribution in [0.15, 0.2) is 41.0 Å². The number of anilines is 1. The van der Waals surface area contributed by atoms with E-state index in [0.29, 0.717) is 37.9 Å². The third-order valence-electron chi connectivity index (χ3n) is 4.44. The summed E-state index contributed by atoms with van der Waals surface area (Å²) >= 11 is 0. The van der Waals surface area contributed by atoms with Crippen molar-refractivity contribution in [3.8, 4) is 0 Å². The molecule has 1 unspecified atom stereocenters. The SMILES string of the molecule is CCC(O)CCNC(=O)c1occc1CN1C(=O)Cc2ccccc21. The van der Waals surface area contributed by atoms with Gasteiger partial charge >= 0.3 is 0 Å². The molecule has 2 aromatic rings. The van der Waals surface area contributed by atoms with E-state index >= 15 is 0 Å². The van der Waals surface area contributed by atoms with Crippen molar-refractivity contribution in [3.63, 3.8) is 0 Å². The molecular formula is C19H22N2O4. The monoisotopic (exact) mass is 342 g/mol. The molecule has 25 heavy (non-hydrogen) atoms. The van der Waals surface area contributed by atoms with Crippen molar-refractivity contribution in [1.29, 1.82) is 0 Å². The predicted molar refractivity (Wildman–Crippen MR) is 93.3 cm³/mol. The maximum Gasteiger partial charge on any atom is 0.287 e. The first kappa shape index (κ1) is 17.2. The van der Waals surface area contributed by atoms with Gasteiger partial charge in [-0.2, -0.15) is 0 Å². The van der Waals surface area contributed by atoms with Crippen LogP contribution in [0.2, 0.25) is 0 Å². The Morgan fingerprint density at radius 2 is 2.16 bits per heavy atom. The van der Waals surface area contributed by atoms with Gasteiger partial charge in [0.25, 0.3) is 5.91 Å². The summed E-state index contributed by atoms with van der Waals surface area (Å²) in [7, 11) is 0. The molecule has 1 aromatic heterocycles. The van der Waals surface area contributed by atoms with Crippen molar-refractivity contribution in [2.24, 2.45) is 0 Å². The van der Waals surface area contributed by atoms with Gasteiger partial charge in [0.15, 0.2) is 5.76 Å². The lowest BCUT2D eigenvalue weighted by molar-refractivity contribution is -0.117. The lowest BCUT2D eigenvalue weighted by Gasteiger charge is -2.17. The molecule has 0 radical (unpaired) electrons. The molecule has 2 N–H and O–H groups in total. The largest absolute Gasteiger partial charge is 0.459 e. The number of hydrogen-bond acceptors (Lipinski definition) is 4. The third-order valence-corrected chi connectivity index (χ3v) is 4.44. The highest BCUT2D eigenvalue weighted by Crippen LogP contribution is 2.30. The van der Waals surface area contributed by atoms with Gasteiger partial charge in [-0.1, -0.05) is 25.1 Å². The molecule has 132 valence electrons. The molecule has 0 bridgehead atoms. The van der Waals surface area contributed by atoms with Crippen LogP contribution in [-0.4, -0.2) is 29.6 Å². The van der Waals surface area contributed by atoms with Crippen molar-refractivity contribution in [2.75, 3.05) is 11.4 Å². The van der Waals surface area contributed by atoms with E-state index in [9.17, 15) is 14.7 Å². The molecular weight excluding hydrogens is 320 g/mol. The molecule has 6 nitrogen and oxygen atoms in total. The van der Waals surface area contributed by atoms with E-state index < -0.39 is 6.10 Å². The first-order valence-electron chi connectivity index (χ1n) is 8.51. The van der Waals surface area contributed by atoms with E-state index in [2.05, 4.69) is 5.32 Å². The van der Waals surface area contributed by atoms with Gasteiger partial charge < -0.3 is 19.7 Å². The zero-order chi connectivity index (χ0) is 17.8. The zero-order valence-corrected chi connectivity index (χ0v) is 14.2. The second kappa shape index (κ2) is 7.53. The highest BCUT2D eigenvalue weighted by atomic mass is 16.3. The summed E-state index contributed by atoms with van der Waals surface area (Å²) in [5.41, 5.74) is 2.54. The van der Waals surface area contributed by atoms with Gasteiger partial charge in [-0.05, 0) is 30.5 Å². The topological polar surface area (TPSA) is 82.8 Å². The van der Waals surface area contributed by atoms with Gasteiger partial charge in [-0.15, -0.1) is 0 Å². The quantitative estimate of drug-likeness (QED) is 0.808. The Labute approximate surface area is 146 Å². The Hall–Kier alpha value is -2.60. The van der Waals surface area contributed by atoms with Crippen LogP contribution in [-0.2, 0) is 17.8 Å². The molecule has 1 aliphatic rings. The average Bonchev–Trinajstić information content (AvgIpc) is 3.20. The fourth-order valence-corrected chi connectivity index (χ4v) is 2.96. The molecule has 2 heterocycles. The number of carbonyl (C=O) groups is 2. The van der Waals surface area contributed by atoms with Crippen molar-refractivity contribution >= 4 is 17.5 Å². The van der Waals surface area contributed by atoms with Gasteiger partial charge in [0.05, 0.1) is 25.3 Å². The number of benzene rings is 1. The van der Waals surface area contributed by atoms with Gasteiger partial charge in [-0.25, -0.2) is 0 Å². The van der Waals surface area contributed by atoms with Gasteiger partial charge in [-0.3, -0.25) is 9.59 Å². The van der Waals surface area contributed by atoms with Crippen LogP contribution in [0.25, 0.3) is 0 Å². The highest BCUT2D eigenvalue weighted by Gasteiger charge is 2.28. The minimum Gasteiger partial charge on any atom is -0.459 e. The molecule has 1 aliphatic heterocycles. The number of hydrogen-bond donors (Lipinski definition) is 2. The normalized spacial score (nSPS) is 14.5. The Balaban J connectivity index is 1.68. The number of para-hydroxylation sites is 1. The number of amides is 2. The summed E-state index contributed by atoms with van der Waals surface area (Å²) in [4.78, 5) is 26.3. The van der Waals surface area contributed by atoms with E-state index in [1.165, 1.54) is 6.26 Å². The molecule has 3 rings (SSSR count). The number of carbonyl (C=O) groups excluding carboxylic acids is 2. The summed E-state index contributed by atoms with van der Waals surface area (Å²) in [6, 6.07) is 9.37. The van der Waals surface area contributed by atoms with Crippen LogP contribution < -0.4 is 10.2 Å². The molecule has 0 aliphatic carbocycles. The van der Waals surface area contributed by atoms with Crippen LogP contribution in [0.3, 0.4) is 0 Å². The lowest BCUT2D eigenvalue weighted by Crippen LogP contribution is -2.30. The van der Waals surface area contributed by atoms with E-state index in [-0.39, 0.29) is 17.6 Å². The van der Waals surface area contributed by atoms with Gasteiger partial charge in [0.1, 0.15) is 0 Å². The Morgan fingerprint density at radius 3 is 2.96 bits per heavy atom. The first-order valence-corrected chi connectivity index (χ1v) is 8.51. The Morgan fingerprint density at radius 1 is 1.36 bits per heavy atom. The molecule has 0 saturated heterocycles. The maximum absolute atomic E-state index is 12.3. The summed E-state index contributed by atoms with van der Waals surface area (Å²) < 4.78 is 5.33. The van der Waals surface area contributed by atoms with Crippen molar-refractivity contribution < 1.29 is 19.1 Å². The molecule has 0 spiro atoms. The number of nitrogens with zero attached hydrogens (tertiary/aromatic N) is 1. The van der Waals surface area contributed by atoms with Crippen LogP contribution in [0, 0.1) is 0 Å². The Kier molecular flexibility index (Phi) is 5.19. The number of rotatable bonds is 7. The van der Waals surface area contributed by atoms with E-state index in [1.807, 2.05) is 31.2 Å². The standard InChI is InChI=1S/C19H22N2O4/c1-2-15(22)7-9-20-19(24)18-14(8-10-25-18)12-21-16-6-4-3-5-13(16)11-17(21)23/h3-6,8,10,15,22H,2,7,9,11-12H2,1H3,(H,20,24). The van der Waals surface area contributed by atoms with Crippen LogP contribution in [0.4, 0.5) is 5.69 Å². The lowest BCUT2D eigenvalue weighted by atomic mass is 10.1. The molecule has 0 saturated carbocycles. The molecule has 2 amide bonds. The fourth-order valence-electron chi connectivity index (χ4n) is 2.96. The van der Waals surface area contributed by atoms with E-state index in [1.54, 1.807) is 11.0 Å². The maximum atomic E-state index is 12.3. The number of aliphatic hydroxyl groups is 1. The molecule has 1 atom stereocenters. The second-order valence-corrected chi connectivity index (χ2v) is 6.17. The minimum atomic E-state index is -0.421. The molecule has 1 aromatic carbocycles. The number of fused-ring (bicyclic) bond motifs is 1. The van der Waals surface area contributed by atoms with Crippen molar-refractivity contribution in [2.45, 2.75) is 38.8 Å². The summed E-state index contributed by atoms with van der Waals surface area (Å²) in [6.07, 6.45) is 2.56. The van der Waals surface area contributed by atoms with Gasteiger partial charge in [0.2, 0.25) is 5.91 Å². The zero-order valence-electron chi connectivity index (χ0n) is 14.2. The van der Waals surface area contributed by atoms with E-state index in [0.717, 1.165) is 11.3 Å². The van der Waals surface area contributed by atoms with Crippen LogP contribution in [0.5, 0.6) is 0 Å². The summed E-state index contributed by atoms with van der Waals surface area (Å²) in [6.45, 7) is 2.56. The predicted octanol–water partition coefficient (Wildman–Crippen LogP) is 2.26. The van der Waals surface area contributed by atoms with Crippen LogP contribution in [0.1, 0.15) is 41.4 Å². The number of aliphatic hydroxyl groups excluding tert-OH is 1. The molecule has 0 fully saturated rings. The Bertz CT molecular complexity index is 768. The van der Waals surface area contributed by atoms with Gasteiger partial charge in [0, 0.05) is 17.8 Å². The summed E-state index contributed by atoms with van der Waals surface area (Å²) in [5.74, 6) is -0.105. The van der Waals surface area contributed by atoms with E-state index in [4.69, 9.17) is 4.42 Å². The second-order valence-electron chi connectivity index (χ2n) is 6.17. The van der Waals surface area contributed by atoms with Crippen molar-refractivity contribution in [1.82, 2.24) is 5.32 Å².